The zero-order valence-electron chi connectivity index (χ0n) is 19.2. The average Bonchev–Trinajstić information content (AvgIpc) is 2.79. The van der Waals surface area contributed by atoms with Crippen LogP contribution < -0.4 is 5.32 Å². The molecule has 1 aliphatic rings. The Labute approximate surface area is 210 Å². The Hall–Kier alpha value is -1.91. The highest BCUT2D eigenvalue weighted by atomic mass is 35.5. The van der Waals surface area contributed by atoms with Gasteiger partial charge in [0.1, 0.15) is 10.7 Å². The molecule has 0 unspecified atom stereocenters. The standard InChI is InChI=1S/C23H29Cl2FN4O3S/c1-17(2)27-23(31)29(16-18-3-6-20(26)7-4-18)12-9-28-10-13-30(14-11-28)34(32,33)22-15-19(24)5-8-21(22)25/h3-8,15,17H,9-14,16H2,1-2H3,(H,27,31). The van der Waals surface area contributed by atoms with Crippen LogP contribution in [0.4, 0.5) is 9.18 Å². The van der Waals surface area contributed by atoms with Crippen molar-refractivity contribution in [1.29, 1.82) is 0 Å². The fraction of sp³-hybridized carbons (Fsp3) is 0.435. The summed E-state index contributed by atoms with van der Waals surface area (Å²) in [5.74, 6) is -0.325. The molecule has 1 saturated heterocycles. The van der Waals surface area contributed by atoms with Crippen molar-refractivity contribution in [3.05, 3.63) is 63.9 Å². The Kier molecular flexibility index (Phi) is 9.17. The predicted molar refractivity (Wildman–Crippen MR) is 132 cm³/mol. The third-order valence-electron chi connectivity index (χ3n) is 5.51. The number of sulfonamides is 1. The van der Waals surface area contributed by atoms with Gasteiger partial charge in [-0.2, -0.15) is 4.31 Å². The normalized spacial score (nSPS) is 15.5. The fourth-order valence-corrected chi connectivity index (χ4v) is 5.83. The number of nitrogens with one attached hydrogen (secondary N) is 1. The van der Waals surface area contributed by atoms with E-state index in [4.69, 9.17) is 23.2 Å². The molecule has 0 radical (unpaired) electrons. The number of halogens is 3. The van der Waals surface area contributed by atoms with E-state index in [1.54, 1.807) is 23.1 Å². The van der Waals surface area contributed by atoms with Crippen molar-refractivity contribution in [3.8, 4) is 0 Å². The van der Waals surface area contributed by atoms with Crippen molar-refractivity contribution >= 4 is 39.3 Å². The highest BCUT2D eigenvalue weighted by molar-refractivity contribution is 7.89. The monoisotopic (exact) mass is 530 g/mol. The van der Waals surface area contributed by atoms with Gasteiger partial charge in [-0.05, 0) is 49.7 Å². The summed E-state index contributed by atoms with van der Waals surface area (Å²) in [5.41, 5.74) is 0.828. The Morgan fingerprint density at radius 2 is 1.74 bits per heavy atom. The number of piperazine rings is 1. The molecule has 0 saturated carbocycles. The van der Waals surface area contributed by atoms with Crippen LogP contribution in [0.25, 0.3) is 0 Å². The second kappa shape index (κ2) is 11.7. The largest absolute Gasteiger partial charge is 0.336 e. The number of hydrogen-bond acceptors (Lipinski definition) is 4. The van der Waals surface area contributed by atoms with E-state index in [0.717, 1.165) is 5.56 Å². The molecule has 1 aliphatic heterocycles. The molecule has 1 N–H and O–H groups in total. The molecule has 0 aromatic heterocycles. The number of hydrogen-bond donors (Lipinski definition) is 1. The van der Waals surface area contributed by atoms with Gasteiger partial charge in [-0.25, -0.2) is 17.6 Å². The van der Waals surface area contributed by atoms with E-state index >= 15 is 0 Å². The lowest BCUT2D eigenvalue weighted by molar-refractivity contribution is 0.155. The minimum Gasteiger partial charge on any atom is -0.336 e. The SMILES string of the molecule is CC(C)NC(=O)N(CCN1CCN(S(=O)(=O)c2cc(Cl)ccc2Cl)CC1)Cc1ccc(F)cc1. The van der Waals surface area contributed by atoms with E-state index in [-0.39, 0.29) is 27.8 Å². The molecule has 1 heterocycles. The highest BCUT2D eigenvalue weighted by Crippen LogP contribution is 2.28. The molecule has 11 heteroatoms. The first-order chi connectivity index (χ1) is 16.1. The van der Waals surface area contributed by atoms with Gasteiger partial charge in [0.05, 0.1) is 5.02 Å². The minimum absolute atomic E-state index is 0.00551. The lowest BCUT2D eigenvalue weighted by atomic mass is 10.2. The summed E-state index contributed by atoms with van der Waals surface area (Å²) in [7, 11) is -3.76. The number of urea groups is 1. The smallest absolute Gasteiger partial charge is 0.317 e. The lowest BCUT2D eigenvalue weighted by Gasteiger charge is -2.35. The maximum Gasteiger partial charge on any atom is 0.317 e. The van der Waals surface area contributed by atoms with E-state index in [0.29, 0.717) is 50.8 Å². The van der Waals surface area contributed by atoms with Crippen molar-refractivity contribution < 1.29 is 17.6 Å². The van der Waals surface area contributed by atoms with Crippen molar-refractivity contribution in [2.24, 2.45) is 0 Å². The molecule has 186 valence electrons. The molecule has 0 bridgehead atoms. The van der Waals surface area contributed by atoms with E-state index in [9.17, 15) is 17.6 Å². The van der Waals surface area contributed by atoms with Gasteiger partial charge in [0, 0.05) is 56.9 Å². The van der Waals surface area contributed by atoms with Gasteiger partial charge in [0.25, 0.3) is 0 Å². The van der Waals surface area contributed by atoms with E-state index in [1.165, 1.54) is 28.6 Å². The molecular formula is C23H29Cl2FN4O3S. The van der Waals surface area contributed by atoms with Gasteiger partial charge < -0.3 is 10.2 Å². The number of carbonyl (C=O) groups excluding carboxylic acids is 1. The zero-order valence-corrected chi connectivity index (χ0v) is 21.5. The second-order valence-electron chi connectivity index (χ2n) is 8.47. The first-order valence-corrected chi connectivity index (χ1v) is 13.2. The molecule has 0 aliphatic carbocycles. The van der Waals surface area contributed by atoms with E-state index in [1.807, 2.05) is 13.8 Å². The molecule has 2 aromatic carbocycles. The summed E-state index contributed by atoms with van der Waals surface area (Å²) >= 11 is 12.1. The Morgan fingerprint density at radius 1 is 1.09 bits per heavy atom. The fourth-order valence-electron chi connectivity index (χ4n) is 3.67. The van der Waals surface area contributed by atoms with Crippen molar-refractivity contribution in [2.45, 2.75) is 31.3 Å². The van der Waals surface area contributed by atoms with Crippen LogP contribution in [0.15, 0.2) is 47.4 Å². The van der Waals surface area contributed by atoms with Gasteiger partial charge in [-0.15, -0.1) is 0 Å². The van der Waals surface area contributed by atoms with Crippen LogP contribution in [-0.2, 0) is 16.6 Å². The third kappa shape index (κ3) is 7.05. The van der Waals surface area contributed by atoms with Crippen LogP contribution in [0.1, 0.15) is 19.4 Å². The van der Waals surface area contributed by atoms with Crippen molar-refractivity contribution in [3.63, 3.8) is 0 Å². The van der Waals surface area contributed by atoms with Gasteiger partial charge in [-0.1, -0.05) is 35.3 Å². The highest BCUT2D eigenvalue weighted by Gasteiger charge is 2.30. The van der Waals surface area contributed by atoms with E-state index < -0.39 is 10.0 Å². The summed E-state index contributed by atoms with van der Waals surface area (Å²) in [6, 6.07) is 10.3. The average molecular weight is 531 g/mol. The van der Waals surface area contributed by atoms with Gasteiger partial charge in [-0.3, -0.25) is 4.90 Å². The molecule has 7 nitrogen and oxygen atoms in total. The first kappa shape index (κ1) is 26.7. The summed E-state index contributed by atoms with van der Waals surface area (Å²) in [5, 5.41) is 3.35. The van der Waals surface area contributed by atoms with Crippen LogP contribution in [-0.4, -0.2) is 73.9 Å². The van der Waals surface area contributed by atoms with Crippen LogP contribution in [0, 0.1) is 5.82 Å². The van der Waals surface area contributed by atoms with Crippen LogP contribution >= 0.6 is 23.2 Å². The first-order valence-electron chi connectivity index (χ1n) is 11.0. The number of carbonyl (C=O) groups is 1. The van der Waals surface area contributed by atoms with E-state index in [2.05, 4.69) is 10.2 Å². The number of rotatable bonds is 8. The Bertz CT molecular complexity index is 1090. The number of benzene rings is 2. The van der Waals surface area contributed by atoms with Crippen molar-refractivity contribution in [2.75, 3.05) is 39.3 Å². The number of nitrogens with zero attached hydrogens (tertiary/aromatic N) is 3. The molecule has 2 amide bonds. The molecule has 1 fully saturated rings. The number of amides is 2. The van der Waals surface area contributed by atoms with Crippen molar-refractivity contribution in [1.82, 2.24) is 19.4 Å². The van der Waals surface area contributed by atoms with Gasteiger partial charge in [0.15, 0.2) is 0 Å². The van der Waals surface area contributed by atoms with Crippen LogP contribution in [0.5, 0.6) is 0 Å². The minimum atomic E-state index is -3.76. The zero-order chi connectivity index (χ0) is 24.9. The summed E-state index contributed by atoms with van der Waals surface area (Å²) in [6.07, 6.45) is 0. The molecule has 2 aromatic rings. The van der Waals surface area contributed by atoms with Crippen LogP contribution in [0.3, 0.4) is 0 Å². The maximum atomic E-state index is 13.3. The summed E-state index contributed by atoms with van der Waals surface area (Å²) in [4.78, 5) is 16.5. The molecule has 34 heavy (non-hydrogen) atoms. The quantitative estimate of drug-likeness (QED) is 0.558. The summed E-state index contributed by atoms with van der Waals surface area (Å²) in [6.45, 7) is 6.81. The third-order valence-corrected chi connectivity index (χ3v) is 8.13. The topological polar surface area (TPSA) is 73.0 Å². The second-order valence-corrected chi connectivity index (χ2v) is 11.2. The van der Waals surface area contributed by atoms with Crippen LogP contribution in [0.2, 0.25) is 10.0 Å². The Morgan fingerprint density at radius 3 is 2.35 bits per heavy atom. The molecule has 0 atom stereocenters. The summed E-state index contributed by atoms with van der Waals surface area (Å²) < 4.78 is 40.7. The predicted octanol–water partition coefficient (Wildman–Crippen LogP) is 4.06. The molecule has 3 rings (SSSR count). The van der Waals surface area contributed by atoms with Gasteiger partial charge in [0.2, 0.25) is 10.0 Å². The molecular weight excluding hydrogens is 502 g/mol. The van der Waals surface area contributed by atoms with Gasteiger partial charge >= 0.3 is 6.03 Å². The molecule has 0 spiro atoms. The lowest BCUT2D eigenvalue weighted by Crippen LogP contribution is -2.51. The maximum absolute atomic E-state index is 13.3. The Balaban J connectivity index is 1.60.